The first-order valence-corrected chi connectivity index (χ1v) is 4.97. The highest BCUT2D eigenvalue weighted by molar-refractivity contribution is 5.82. The van der Waals surface area contributed by atoms with Gasteiger partial charge in [-0.25, -0.2) is 4.98 Å². The van der Waals surface area contributed by atoms with Crippen molar-refractivity contribution in [3.8, 4) is 5.75 Å². The molecule has 0 spiro atoms. The van der Waals surface area contributed by atoms with Crippen LogP contribution >= 0.6 is 0 Å². The molecule has 1 aromatic heterocycles. The van der Waals surface area contributed by atoms with Crippen molar-refractivity contribution in [3.05, 3.63) is 47.8 Å². The summed E-state index contributed by atoms with van der Waals surface area (Å²) in [7, 11) is 0. The van der Waals surface area contributed by atoms with Crippen LogP contribution in [0.15, 0.2) is 36.7 Å². The Morgan fingerprint density at radius 2 is 1.94 bits per heavy atom. The summed E-state index contributed by atoms with van der Waals surface area (Å²) in [6.45, 7) is 0. The molecule has 0 radical (unpaired) electrons. The van der Waals surface area contributed by atoms with E-state index in [-0.39, 0.29) is 17.2 Å². The van der Waals surface area contributed by atoms with Gasteiger partial charge in [0.05, 0.1) is 12.4 Å². The lowest BCUT2D eigenvalue weighted by Gasteiger charge is -2.06. The molecule has 0 bridgehead atoms. The molecular weight excluding hydrogens is 218 g/mol. The molecule has 0 aliphatic carbocycles. The minimum Gasteiger partial charge on any atom is -0.508 e. The van der Waals surface area contributed by atoms with Gasteiger partial charge in [-0.1, -0.05) is 12.1 Å². The van der Waals surface area contributed by atoms with Gasteiger partial charge in [0.2, 0.25) is 5.62 Å². The third kappa shape index (κ3) is 2.54. The van der Waals surface area contributed by atoms with Gasteiger partial charge in [-0.2, -0.15) is 9.78 Å². The second-order valence-electron chi connectivity index (χ2n) is 3.47. The first kappa shape index (κ1) is 11.0. The van der Waals surface area contributed by atoms with Gasteiger partial charge < -0.3 is 5.11 Å². The van der Waals surface area contributed by atoms with Crippen LogP contribution in [0.5, 0.6) is 5.75 Å². The summed E-state index contributed by atoms with van der Waals surface area (Å²) < 4.78 is 1.16. The average Bonchev–Trinajstić information content (AvgIpc) is 2.32. The standard InChI is InChI=1S/C11H11N5O/c12-10(16-11(13)14-5-6-15-16)7-8-1-3-9(17)4-2-8/h1-6,12-13,17H,7H2. The summed E-state index contributed by atoms with van der Waals surface area (Å²) in [5.41, 5.74) is 0.793. The third-order valence-corrected chi connectivity index (χ3v) is 2.21. The Hall–Kier alpha value is -2.50. The number of aromatic nitrogens is 3. The number of phenolic OH excluding ortho intramolecular Hbond substituents is 1. The van der Waals surface area contributed by atoms with E-state index in [0.29, 0.717) is 6.42 Å². The topological polar surface area (TPSA) is 98.6 Å². The molecule has 2 rings (SSSR count). The Labute approximate surface area is 97.2 Å². The summed E-state index contributed by atoms with van der Waals surface area (Å²) in [5, 5.41) is 28.4. The molecule has 0 fully saturated rings. The van der Waals surface area contributed by atoms with Crippen LogP contribution in [0.2, 0.25) is 0 Å². The van der Waals surface area contributed by atoms with Crippen LogP contribution < -0.4 is 5.62 Å². The van der Waals surface area contributed by atoms with E-state index in [0.717, 1.165) is 10.2 Å². The number of benzene rings is 1. The summed E-state index contributed by atoms with van der Waals surface area (Å²) in [5.74, 6) is 0.349. The highest BCUT2D eigenvalue weighted by atomic mass is 16.3. The van der Waals surface area contributed by atoms with Crippen molar-refractivity contribution in [2.24, 2.45) is 0 Å². The van der Waals surface area contributed by atoms with Crippen molar-refractivity contribution in [1.29, 1.82) is 10.8 Å². The van der Waals surface area contributed by atoms with Crippen molar-refractivity contribution in [3.63, 3.8) is 0 Å². The van der Waals surface area contributed by atoms with E-state index in [1.165, 1.54) is 12.4 Å². The number of aromatic hydroxyl groups is 1. The van der Waals surface area contributed by atoms with Crippen molar-refractivity contribution < 1.29 is 5.11 Å². The molecule has 3 N–H and O–H groups in total. The maximum absolute atomic E-state index is 9.14. The van der Waals surface area contributed by atoms with Gasteiger partial charge in [0.15, 0.2) is 0 Å². The predicted molar refractivity (Wildman–Crippen MR) is 60.8 cm³/mol. The summed E-state index contributed by atoms with van der Waals surface area (Å²) >= 11 is 0. The lowest BCUT2D eigenvalue weighted by molar-refractivity contribution is 0.475. The van der Waals surface area contributed by atoms with Gasteiger partial charge in [0, 0.05) is 6.42 Å². The Morgan fingerprint density at radius 3 is 2.59 bits per heavy atom. The highest BCUT2D eigenvalue weighted by Gasteiger charge is 2.04. The smallest absolute Gasteiger partial charge is 0.244 e. The van der Waals surface area contributed by atoms with Crippen LogP contribution in [-0.2, 0) is 6.42 Å². The monoisotopic (exact) mass is 229 g/mol. The van der Waals surface area contributed by atoms with E-state index in [2.05, 4.69) is 10.1 Å². The molecule has 6 nitrogen and oxygen atoms in total. The first-order chi connectivity index (χ1) is 8.16. The van der Waals surface area contributed by atoms with Crippen molar-refractivity contribution in [2.75, 3.05) is 0 Å². The third-order valence-electron chi connectivity index (χ3n) is 2.21. The molecule has 0 atom stereocenters. The Bertz CT molecular complexity index is 587. The minimum absolute atomic E-state index is 0.0729. The SMILES string of the molecule is N=C(Cc1ccc(O)cc1)n1nccnc1=N. The molecule has 1 heterocycles. The van der Waals surface area contributed by atoms with Crippen molar-refractivity contribution in [2.45, 2.75) is 6.42 Å². The second-order valence-corrected chi connectivity index (χ2v) is 3.47. The molecule has 0 saturated carbocycles. The van der Waals surface area contributed by atoms with E-state index in [4.69, 9.17) is 15.9 Å². The van der Waals surface area contributed by atoms with Crippen LogP contribution in [-0.4, -0.2) is 25.7 Å². The van der Waals surface area contributed by atoms with Crippen LogP contribution in [0.3, 0.4) is 0 Å². The molecule has 2 aromatic rings. The lowest BCUT2D eigenvalue weighted by Crippen LogP contribution is -2.31. The Kier molecular flexibility index (Phi) is 2.95. The van der Waals surface area contributed by atoms with Gasteiger partial charge in [0.1, 0.15) is 11.6 Å². The second kappa shape index (κ2) is 4.56. The molecule has 6 heteroatoms. The maximum Gasteiger partial charge on any atom is 0.244 e. The predicted octanol–water partition coefficient (Wildman–Crippen LogP) is 0.531. The molecule has 1 aromatic carbocycles. The molecule has 86 valence electrons. The number of hydrogen-bond donors (Lipinski definition) is 3. The number of nitrogens with zero attached hydrogens (tertiary/aromatic N) is 3. The number of phenols is 1. The van der Waals surface area contributed by atoms with Crippen LogP contribution in [0.1, 0.15) is 5.56 Å². The molecule has 0 unspecified atom stereocenters. The van der Waals surface area contributed by atoms with Crippen molar-refractivity contribution >= 4 is 5.84 Å². The van der Waals surface area contributed by atoms with Crippen LogP contribution in [0.25, 0.3) is 0 Å². The van der Waals surface area contributed by atoms with E-state index in [9.17, 15) is 0 Å². The summed E-state index contributed by atoms with van der Waals surface area (Å²) in [4.78, 5) is 3.74. The Balaban J connectivity index is 2.20. The zero-order valence-electron chi connectivity index (χ0n) is 8.96. The first-order valence-electron chi connectivity index (χ1n) is 4.97. The lowest BCUT2D eigenvalue weighted by atomic mass is 10.1. The number of nitrogens with one attached hydrogen (secondary N) is 2. The van der Waals surface area contributed by atoms with Gasteiger partial charge in [-0.05, 0) is 17.7 Å². The van der Waals surface area contributed by atoms with Gasteiger partial charge in [-0.15, -0.1) is 0 Å². The quantitative estimate of drug-likeness (QED) is 0.517. The largest absolute Gasteiger partial charge is 0.508 e. The van der Waals surface area contributed by atoms with Crippen LogP contribution in [0.4, 0.5) is 0 Å². The van der Waals surface area contributed by atoms with E-state index in [1.807, 2.05) is 0 Å². The zero-order valence-corrected chi connectivity index (χ0v) is 8.96. The van der Waals surface area contributed by atoms with E-state index < -0.39 is 0 Å². The van der Waals surface area contributed by atoms with Gasteiger partial charge in [0.25, 0.3) is 0 Å². The zero-order chi connectivity index (χ0) is 12.3. The maximum atomic E-state index is 9.14. The molecular formula is C11H11N5O. The molecule has 0 aliphatic rings. The average molecular weight is 229 g/mol. The van der Waals surface area contributed by atoms with Crippen molar-refractivity contribution in [1.82, 2.24) is 14.8 Å². The molecule has 0 saturated heterocycles. The van der Waals surface area contributed by atoms with Gasteiger partial charge in [-0.3, -0.25) is 10.8 Å². The fraction of sp³-hybridized carbons (Fsp3) is 0.0909. The fourth-order valence-corrected chi connectivity index (χ4v) is 1.39. The Morgan fingerprint density at radius 1 is 1.24 bits per heavy atom. The molecule has 17 heavy (non-hydrogen) atoms. The fourth-order valence-electron chi connectivity index (χ4n) is 1.39. The molecule has 0 aliphatic heterocycles. The number of hydrogen-bond acceptors (Lipinski definition) is 5. The molecule has 0 amide bonds. The number of rotatable bonds is 2. The summed E-state index contributed by atoms with van der Waals surface area (Å²) in [6.07, 6.45) is 3.17. The van der Waals surface area contributed by atoms with E-state index >= 15 is 0 Å². The summed E-state index contributed by atoms with van der Waals surface area (Å²) in [6, 6.07) is 6.58. The van der Waals surface area contributed by atoms with Gasteiger partial charge >= 0.3 is 0 Å². The van der Waals surface area contributed by atoms with Crippen LogP contribution in [0, 0.1) is 10.8 Å². The van der Waals surface area contributed by atoms with E-state index in [1.54, 1.807) is 24.3 Å². The minimum atomic E-state index is -0.0729. The normalized spacial score (nSPS) is 10.1. The highest BCUT2D eigenvalue weighted by Crippen LogP contribution is 2.10.